The molecule has 0 radical (unpaired) electrons. The summed E-state index contributed by atoms with van der Waals surface area (Å²) in [7, 11) is 0. The van der Waals surface area contributed by atoms with Crippen molar-refractivity contribution in [2.24, 2.45) is 0 Å². The highest BCUT2D eigenvalue weighted by atomic mass is 32.1. The summed E-state index contributed by atoms with van der Waals surface area (Å²) >= 11 is 1.57. The van der Waals surface area contributed by atoms with Gasteiger partial charge in [-0.15, -0.1) is 17.8 Å². The highest BCUT2D eigenvalue weighted by Gasteiger charge is 2.03. The molecule has 0 aromatic carbocycles. The van der Waals surface area contributed by atoms with Crippen LogP contribution >= 0.6 is 11.3 Å². The molecule has 1 N–H and O–H groups in total. The first-order chi connectivity index (χ1) is 6.13. The van der Waals surface area contributed by atoms with Crippen molar-refractivity contribution in [3.63, 3.8) is 0 Å². The van der Waals surface area contributed by atoms with Crippen LogP contribution in [0.4, 0.5) is 0 Å². The number of nitrogens with one attached hydrogen (secondary N) is 1. The Hall–Kier alpha value is -1.34. The summed E-state index contributed by atoms with van der Waals surface area (Å²) in [5.74, 6) is 1.59. The van der Waals surface area contributed by atoms with Gasteiger partial charge in [-0.3, -0.25) is 4.79 Å². The lowest BCUT2D eigenvalue weighted by Gasteiger charge is -1.94. The molecule has 1 aromatic rings. The van der Waals surface area contributed by atoms with Crippen LogP contribution < -0.4 is 5.32 Å². The van der Waals surface area contributed by atoms with Crippen LogP contribution in [-0.2, 0) is 11.3 Å². The predicted molar refractivity (Wildman–Crippen MR) is 52.3 cm³/mol. The lowest BCUT2D eigenvalue weighted by molar-refractivity contribution is -0.115. The second-order valence-corrected chi connectivity index (χ2v) is 3.86. The Kier molecular flexibility index (Phi) is 3.04. The summed E-state index contributed by atoms with van der Waals surface area (Å²) in [6.45, 7) is 4.36. The molecule has 0 atom stereocenters. The summed E-state index contributed by atoms with van der Waals surface area (Å²) in [5, 5.41) is 3.45. The normalized spacial score (nSPS) is 9.31. The zero-order valence-corrected chi connectivity index (χ0v) is 8.36. The van der Waals surface area contributed by atoms with Crippen molar-refractivity contribution in [1.82, 2.24) is 10.3 Å². The summed E-state index contributed by atoms with van der Waals surface area (Å²) in [6.07, 6.45) is 4.89. The van der Waals surface area contributed by atoms with E-state index in [0.717, 1.165) is 10.7 Å². The predicted octanol–water partition coefficient (Wildman–Crippen LogP) is 1.01. The van der Waals surface area contributed by atoms with E-state index in [-0.39, 0.29) is 0 Å². The van der Waals surface area contributed by atoms with Crippen LogP contribution in [0.3, 0.4) is 0 Å². The Morgan fingerprint density at radius 1 is 1.69 bits per heavy atom. The lowest BCUT2D eigenvalue weighted by atomic mass is 10.4. The van der Waals surface area contributed by atoms with Crippen molar-refractivity contribution in [1.29, 1.82) is 0 Å². The van der Waals surface area contributed by atoms with Gasteiger partial charge in [-0.05, 0) is 19.8 Å². The van der Waals surface area contributed by atoms with E-state index < -0.39 is 5.91 Å². The van der Waals surface area contributed by atoms with E-state index in [9.17, 15) is 4.79 Å². The largest absolute Gasteiger partial charge is 0.339 e. The quantitative estimate of drug-likeness (QED) is 0.714. The number of nitrogens with zero attached hydrogens (tertiary/aromatic N) is 1. The maximum absolute atomic E-state index is 10.7. The third-order valence-corrected chi connectivity index (χ3v) is 2.68. The Morgan fingerprint density at radius 2 is 2.38 bits per heavy atom. The van der Waals surface area contributed by atoms with Gasteiger partial charge in [0, 0.05) is 4.88 Å². The summed E-state index contributed by atoms with van der Waals surface area (Å²) in [5.41, 5.74) is 1.01. The number of amides is 1. The maximum atomic E-state index is 10.7. The Morgan fingerprint density at radius 3 is 2.85 bits per heavy atom. The highest BCUT2D eigenvalue weighted by molar-refractivity contribution is 7.11. The monoisotopic (exact) mass is 194 g/mol. The van der Waals surface area contributed by atoms with Crippen molar-refractivity contribution in [2.45, 2.75) is 20.4 Å². The van der Waals surface area contributed by atoms with Gasteiger partial charge in [-0.1, -0.05) is 0 Å². The van der Waals surface area contributed by atoms with Gasteiger partial charge in [0.1, 0.15) is 5.01 Å². The van der Waals surface area contributed by atoms with Crippen LogP contribution in [0.5, 0.6) is 0 Å². The summed E-state index contributed by atoms with van der Waals surface area (Å²) < 4.78 is 0. The third kappa shape index (κ3) is 2.56. The fourth-order valence-electron chi connectivity index (χ4n) is 0.822. The van der Waals surface area contributed by atoms with Gasteiger partial charge in [-0.2, -0.15) is 0 Å². The molecule has 0 spiro atoms. The Balaban J connectivity index is 2.56. The average Bonchev–Trinajstić information content (AvgIpc) is 2.42. The van der Waals surface area contributed by atoms with Crippen LogP contribution in [-0.4, -0.2) is 10.9 Å². The smallest absolute Gasteiger partial charge is 0.295 e. The molecule has 3 nitrogen and oxygen atoms in total. The number of carbonyl (C=O) groups excluding carboxylic acids is 1. The minimum absolute atomic E-state index is 0.398. The second-order valence-electron chi connectivity index (χ2n) is 2.58. The molecule has 1 heterocycles. The molecule has 1 aromatic heterocycles. The van der Waals surface area contributed by atoms with E-state index in [1.807, 2.05) is 19.8 Å². The molecular weight excluding hydrogens is 184 g/mol. The first kappa shape index (κ1) is 9.75. The molecule has 0 unspecified atom stereocenters. The third-order valence-electron chi connectivity index (χ3n) is 1.60. The minimum atomic E-state index is -0.398. The van der Waals surface area contributed by atoms with Gasteiger partial charge >= 0.3 is 0 Å². The van der Waals surface area contributed by atoms with E-state index in [1.54, 1.807) is 11.3 Å². The van der Waals surface area contributed by atoms with Gasteiger partial charge in [0.2, 0.25) is 0 Å². The summed E-state index contributed by atoms with van der Waals surface area (Å²) in [6, 6.07) is 0. The first-order valence-electron chi connectivity index (χ1n) is 3.81. The first-order valence-corrected chi connectivity index (χ1v) is 4.62. The molecule has 0 fully saturated rings. The van der Waals surface area contributed by atoms with Crippen molar-refractivity contribution in [3.05, 3.63) is 15.6 Å². The van der Waals surface area contributed by atoms with E-state index in [0.29, 0.717) is 6.54 Å². The van der Waals surface area contributed by atoms with Gasteiger partial charge in [0.25, 0.3) is 5.91 Å². The van der Waals surface area contributed by atoms with Gasteiger partial charge < -0.3 is 5.32 Å². The molecular formula is C9H10N2OS. The molecule has 0 saturated heterocycles. The summed E-state index contributed by atoms with van der Waals surface area (Å²) in [4.78, 5) is 16.1. The van der Waals surface area contributed by atoms with E-state index in [1.165, 1.54) is 4.88 Å². The molecule has 0 aliphatic carbocycles. The fraction of sp³-hybridized carbons (Fsp3) is 0.333. The Bertz CT molecular complexity index is 343. The molecule has 68 valence electrons. The average molecular weight is 194 g/mol. The highest BCUT2D eigenvalue weighted by Crippen LogP contribution is 2.15. The number of rotatable bonds is 2. The van der Waals surface area contributed by atoms with Crippen LogP contribution in [0.2, 0.25) is 0 Å². The van der Waals surface area contributed by atoms with Crippen LogP contribution in [0.25, 0.3) is 0 Å². The zero-order chi connectivity index (χ0) is 9.84. The van der Waals surface area contributed by atoms with E-state index in [2.05, 4.69) is 10.3 Å². The van der Waals surface area contributed by atoms with Crippen molar-refractivity contribution >= 4 is 17.2 Å². The van der Waals surface area contributed by atoms with E-state index in [4.69, 9.17) is 6.42 Å². The number of aromatic nitrogens is 1. The Labute approximate surface area is 81.2 Å². The van der Waals surface area contributed by atoms with Crippen LogP contribution in [0, 0.1) is 26.2 Å². The maximum Gasteiger partial charge on any atom is 0.295 e. The van der Waals surface area contributed by atoms with Crippen molar-refractivity contribution in [3.8, 4) is 12.3 Å². The van der Waals surface area contributed by atoms with Crippen LogP contribution in [0.15, 0.2) is 0 Å². The zero-order valence-electron chi connectivity index (χ0n) is 7.55. The number of hydrogen-bond acceptors (Lipinski definition) is 3. The number of aryl methyl sites for hydroxylation is 2. The number of thiazole rings is 1. The molecule has 0 bridgehead atoms. The molecule has 13 heavy (non-hydrogen) atoms. The number of terminal acetylenes is 1. The van der Waals surface area contributed by atoms with Crippen molar-refractivity contribution < 1.29 is 4.79 Å². The van der Waals surface area contributed by atoms with Gasteiger partial charge in [0.15, 0.2) is 0 Å². The molecule has 1 rings (SSSR count). The minimum Gasteiger partial charge on any atom is -0.339 e. The topological polar surface area (TPSA) is 42.0 Å². The molecule has 4 heteroatoms. The standard InChI is InChI=1S/C9H10N2OS/c1-4-8(12)10-5-9-11-6(2)7(3)13-9/h1H,5H2,2-3H3,(H,10,12). The van der Waals surface area contributed by atoms with Crippen molar-refractivity contribution in [2.75, 3.05) is 0 Å². The molecule has 1 amide bonds. The number of carbonyl (C=O) groups is 1. The second kappa shape index (κ2) is 4.06. The van der Waals surface area contributed by atoms with E-state index >= 15 is 0 Å². The van der Waals surface area contributed by atoms with Gasteiger partial charge in [-0.25, -0.2) is 4.98 Å². The van der Waals surface area contributed by atoms with Crippen LogP contribution in [0.1, 0.15) is 15.6 Å². The molecule has 0 aliphatic rings. The lowest BCUT2D eigenvalue weighted by Crippen LogP contribution is -2.20. The molecule has 0 saturated carbocycles. The molecule has 0 aliphatic heterocycles. The SMILES string of the molecule is C#CC(=O)NCc1nc(C)c(C)s1. The van der Waals surface area contributed by atoms with Gasteiger partial charge in [0.05, 0.1) is 12.2 Å². The fourth-order valence-corrected chi connectivity index (χ4v) is 1.70. The number of hydrogen-bond donors (Lipinski definition) is 1.